The number of unbranched alkanes of at least 4 members (excludes halogenated alkanes) is 2. The maximum Gasteiger partial charge on any atom is 0.326 e. The Morgan fingerprint density at radius 2 is 1.32 bits per heavy atom. The number of nitrogens with zero attached hydrogens (tertiary/aromatic N) is 4. The van der Waals surface area contributed by atoms with Gasteiger partial charge in [-0.25, -0.2) is 14.4 Å². The second-order valence-electron chi connectivity index (χ2n) is 17.9. The van der Waals surface area contributed by atoms with Crippen molar-refractivity contribution in [1.29, 1.82) is 0 Å². The molecule has 0 bridgehead atoms. The number of hydrogen-bond acceptors (Lipinski definition) is 15. The standard InChI is InChI=1S/C49H72N14O12S/c50-40(64)27-54-20-22-61(30-42(52)66)23-24-62(31-43(53)67)35(26-55-28-41(51)65)25-32-11-13-34(14-12-32)58-49(76)57-18-5-3-10-44(68)63(29-39-36-8-2-1-7-33(36)17-19-56-39)21-6-4-9-37(46(71)72)59-48(75)60-38(47(73)74)15-16-45(69)70/h1-2,7-8,11-14,17,19,35,37-38,54-55H,3-6,9-10,15-16,18,20-31H2,(H2,50,64)(H2,51,65)(H2,52,66)(H2,53,67)(H,69,70)(H,71,72)(H,73,74)(H2,57,58,76)(H2,59,60,75)/t35?,37-,38-/m1/s1. The fourth-order valence-electron chi connectivity index (χ4n) is 8.00. The van der Waals surface area contributed by atoms with Crippen molar-refractivity contribution in [2.75, 3.05) is 77.3 Å². The average molecular weight is 1080 g/mol. The summed E-state index contributed by atoms with van der Waals surface area (Å²) in [6, 6.07) is 12.6. The van der Waals surface area contributed by atoms with Gasteiger partial charge in [0.1, 0.15) is 12.1 Å². The van der Waals surface area contributed by atoms with Crippen LogP contribution in [0.1, 0.15) is 62.6 Å². The molecule has 2 aromatic carbocycles. The second-order valence-corrected chi connectivity index (χ2v) is 18.3. The van der Waals surface area contributed by atoms with Crippen molar-refractivity contribution < 1.29 is 58.5 Å². The lowest BCUT2D eigenvalue weighted by molar-refractivity contribution is -0.141. The molecule has 0 fully saturated rings. The number of anilines is 1. The van der Waals surface area contributed by atoms with Crippen molar-refractivity contribution in [2.24, 2.45) is 22.9 Å². The SMILES string of the molecule is NC(=O)CNCCN(CCN(CC(N)=O)C(CNCC(N)=O)Cc1ccc(NC(=S)NCCCCC(=O)N(CCCC[C@@H](NC(=O)N[C@H](CCC(=O)O)C(=O)O)C(=O)O)Cc2nccc3ccccc23)cc1)CC(N)=O. The Labute approximate surface area is 445 Å². The van der Waals surface area contributed by atoms with Gasteiger partial charge in [-0.2, -0.15) is 0 Å². The predicted octanol–water partition coefficient (Wildman–Crippen LogP) is -1.40. The van der Waals surface area contributed by atoms with Gasteiger partial charge >= 0.3 is 23.9 Å². The Bertz CT molecular complexity index is 2430. The van der Waals surface area contributed by atoms with E-state index in [4.69, 9.17) is 40.3 Å². The van der Waals surface area contributed by atoms with Crippen molar-refractivity contribution >= 4 is 87.3 Å². The van der Waals surface area contributed by atoms with Crippen molar-refractivity contribution in [3.8, 4) is 0 Å². The summed E-state index contributed by atoms with van der Waals surface area (Å²) in [7, 11) is 0. The van der Waals surface area contributed by atoms with Crippen LogP contribution in [0.2, 0.25) is 0 Å². The molecule has 0 spiro atoms. The molecule has 27 heteroatoms. The molecule has 0 radical (unpaired) electrons. The zero-order valence-electron chi connectivity index (χ0n) is 42.4. The lowest BCUT2D eigenvalue weighted by atomic mass is 10.0. The molecule has 3 atom stereocenters. The number of aliphatic carboxylic acids is 3. The third kappa shape index (κ3) is 25.6. The summed E-state index contributed by atoms with van der Waals surface area (Å²) < 4.78 is 0. The molecule has 7 amide bonds. The third-order valence-electron chi connectivity index (χ3n) is 11.8. The molecule has 0 aliphatic heterocycles. The molecule has 1 aromatic heterocycles. The van der Waals surface area contributed by atoms with Gasteiger partial charge in [0, 0.05) is 82.0 Å². The summed E-state index contributed by atoms with van der Waals surface area (Å²) in [6.07, 6.45) is 3.06. The first kappa shape index (κ1) is 62.7. The number of urea groups is 1. The first-order valence-electron chi connectivity index (χ1n) is 24.7. The number of carboxylic acid groups (broad SMARTS) is 3. The Morgan fingerprint density at radius 3 is 1.96 bits per heavy atom. The van der Waals surface area contributed by atoms with Crippen LogP contribution in [0, 0.1) is 0 Å². The van der Waals surface area contributed by atoms with E-state index in [2.05, 4.69) is 36.9 Å². The number of hydrogen-bond donors (Lipinski definition) is 13. The van der Waals surface area contributed by atoms with Crippen LogP contribution >= 0.6 is 12.2 Å². The number of fused-ring (bicyclic) bond motifs is 1. The first-order valence-corrected chi connectivity index (χ1v) is 25.1. The molecule has 76 heavy (non-hydrogen) atoms. The number of amides is 7. The van der Waals surface area contributed by atoms with Gasteiger partial charge in [-0.3, -0.25) is 43.6 Å². The number of carboxylic acids is 3. The molecule has 17 N–H and O–H groups in total. The Morgan fingerprint density at radius 1 is 0.658 bits per heavy atom. The molecule has 0 aliphatic rings. The molecule has 1 unspecified atom stereocenters. The van der Waals surface area contributed by atoms with Gasteiger partial charge in [0.2, 0.25) is 29.5 Å². The number of nitrogens with two attached hydrogens (primary N) is 4. The topological polar surface area (TPSA) is 413 Å². The normalized spacial score (nSPS) is 12.3. The van der Waals surface area contributed by atoms with Gasteiger partial charge < -0.3 is 75.1 Å². The van der Waals surface area contributed by atoms with Crippen LogP contribution in [-0.2, 0) is 51.3 Å². The number of rotatable bonds is 39. The quantitative estimate of drug-likeness (QED) is 0.0231. The van der Waals surface area contributed by atoms with Crippen LogP contribution in [-0.4, -0.2) is 184 Å². The molecule has 0 aliphatic carbocycles. The second kappa shape index (κ2) is 34.1. The van der Waals surface area contributed by atoms with E-state index >= 15 is 0 Å². The van der Waals surface area contributed by atoms with Crippen LogP contribution in [0.3, 0.4) is 0 Å². The minimum Gasteiger partial charge on any atom is -0.481 e. The zero-order valence-corrected chi connectivity index (χ0v) is 43.2. The van der Waals surface area contributed by atoms with Crippen LogP contribution < -0.4 is 54.8 Å². The molecular formula is C49H72N14O12S. The van der Waals surface area contributed by atoms with Gasteiger partial charge in [0.25, 0.3) is 0 Å². The Balaban J connectivity index is 1.58. The van der Waals surface area contributed by atoms with Crippen molar-refractivity contribution in [3.05, 3.63) is 72.1 Å². The summed E-state index contributed by atoms with van der Waals surface area (Å²) in [5, 5.41) is 46.8. The highest BCUT2D eigenvalue weighted by Gasteiger charge is 2.26. The monoisotopic (exact) mass is 1080 g/mol. The number of carbonyl (C=O) groups is 9. The summed E-state index contributed by atoms with van der Waals surface area (Å²) in [5.41, 5.74) is 24.0. The molecule has 3 aromatic rings. The van der Waals surface area contributed by atoms with Gasteiger partial charge in [0.05, 0.1) is 38.4 Å². The van der Waals surface area contributed by atoms with E-state index < -0.39 is 72.5 Å². The number of pyridine rings is 1. The van der Waals surface area contributed by atoms with Crippen LogP contribution in [0.4, 0.5) is 10.5 Å². The van der Waals surface area contributed by atoms with E-state index in [1.807, 2.05) is 59.5 Å². The first-order chi connectivity index (χ1) is 36.2. The van der Waals surface area contributed by atoms with E-state index in [-0.39, 0.29) is 77.0 Å². The number of aromatic nitrogens is 1. The number of carbonyl (C=O) groups excluding carboxylic acids is 6. The fourth-order valence-corrected chi connectivity index (χ4v) is 8.22. The highest BCUT2D eigenvalue weighted by atomic mass is 32.1. The molecular weight excluding hydrogens is 1010 g/mol. The minimum atomic E-state index is -1.54. The lowest BCUT2D eigenvalue weighted by Gasteiger charge is -2.33. The Kier molecular flexibility index (Phi) is 28.1. The van der Waals surface area contributed by atoms with E-state index in [1.54, 1.807) is 16.0 Å². The number of nitrogens with one attached hydrogen (secondary N) is 6. The van der Waals surface area contributed by atoms with E-state index in [0.29, 0.717) is 74.9 Å². The largest absolute Gasteiger partial charge is 0.481 e. The van der Waals surface area contributed by atoms with E-state index in [9.17, 15) is 53.4 Å². The number of benzene rings is 2. The molecule has 0 saturated heterocycles. The van der Waals surface area contributed by atoms with Crippen molar-refractivity contribution in [3.63, 3.8) is 0 Å². The summed E-state index contributed by atoms with van der Waals surface area (Å²) in [5.74, 6) is -6.45. The summed E-state index contributed by atoms with van der Waals surface area (Å²) in [4.78, 5) is 117. The molecule has 26 nitrogen and oxygen atoms in total. The average Bonchev–Trinajstić information content (AvgIpc) is 3.35. The van der Waals surface area contributed by atoms with Crippen LogP contribution in [0.5, 0.6) is 0 Å². The minimum absolute atomic E-state index is 0.0352. The highest BCUT2D eigenvalue weighted by molar-refractivity contribution is 7.80. The molecule has 3 rings (SSSR count). The van der Waals surface area contributed by atoms with Crippen LogP contribution in [0.15, 0.2) is 60.8 Å². The molecule has 1 heterocycles. The van der Waals surface area contributed by atoms with Gasteiger partial charge in [-0.05, 0) is 86.3 Å². The summed E-state index contributed by atoms with van der Waals surface area (Å²) >= 11 is 5.56. The van der Waals surface area contributed by atoms with Gasteiger partial charge in [-0.15, -0.1) is 0 Å². The predicted molar refractivity (Wildman–Crippen MR) is 285 cm³/mol. The maximum atomic E-state index is 13.8. The summed E-state index contributed by atoms with van der Waals surface area (Å²) in [6.45, 7) is 2.15. The Hall–Kier alpha value is -7.59. The van der Waals surface area contributed by atoms with Crippen LogP contribution in [0.25, 0.3) is 10.8 Å². The van der Waals surface area contributed by atoms with E-state index in [1.165, 1.54) is 0 Å². The number of thiocarbonyl (C=S) groups is 1. The van der Waals surface area contributed by atoms with Gasteiger partial charge in [-0.1, -0.05) is 36.4 Å². The van der Waals surface area contributed by atoms with E-state index in [0.717, 1.165) is 16.3 Å². The van der Waals surface area contributed by atoms with Gasteiger partial charge in [0.15, 0.2) is 5.11 Å². The lowest BCUT2D eigenvalue weighted by Crippen LogP contribution is -2.51. The van der Waals surface area contributed by atoms with Crippen molar-refractivity contribution in [1.82, 2.24) is 46.3 Å². The zero-order chi connectivity index (χ0) is 56.0. The maximum absolute atomic E-state index is 13.8. The smallest absolute Gasteiger partial charge is 0.326 e. The third-order valence-corrected chi connectivity index (χ3v) is 12.0. The molecule has 0 saturated carbocycles. The fraction of sp³-hybridized carbons (Fsp3) is 0.490. The number of primary amides is 4. The van der Waals surface area contributed by atoms with Crippen molar-refractivity contribution in [2.45, 2.75) is 82.5 Å². The molecule has 416 valence electrons. The highest BCUT2D eigenvalue weighted by Crippen LogP contribution is 2.20.